The first-order valence-corrected chi connectivity index (χ1v) is 6.21. The van der Waals surface area contributed by atoms with Gasteiger partial charge in [0.25, 0.3) is 5.91 Å². The van der Waals surface area contributed by atoms with Crippen molar-refractivity contribution in [2.24, 2.45) is 0 Å². The molecule has 0 aliphatic carbocycles. The van der Waals surface area contributed by atoms with Crippen molar-refractivity contribution >= 4 is 29.2 Å². The lowest BCUT2D eigenvalue weighted by Gasteiger charge is -2.01. The quantitative estimate of drug-likeness (QED) is 0.832. The fourth-order valence-corrected chi connectivity index (χ4v) is 2.22. The summed E-state index contributed by atoms with van der Waals surface area (Å²) in [5, 5.41) is 11.5. The maximum atomic E-state index is 13.7. The monoisotopic (exact) mass is 283 g/mol. The van der Waals surface area contributed by atoms with E-state index in [0.717, 1.165) is 0 Å². The average molecular weight is 283 g/mol. The molecule has 1 aliphatic heterocycles. The van der Waals surface area contributed by atoms with Crippen molar-refractivity contribution in [3.05, 3.63) is 65.0 Å². The van der Waals surface area contributed by atoms with E-state index in [1.807, 2.05) is 0 Å². The summed E-state index contributed by atoms with van der Waals surface area (Å²) < 4.78 is 13.7. The number of benzene rings is 2. The summed E-state index contributed by atoms with van der Waals surface area (Å²) >= 11 is 0. The van der Waals surface area contributed by atoms with Gasteiger partial charge in [0.05, 0.1) is 5.56 Å². The highest BCUT2D eigenvalue weighted by Gasteiger charge is 2.25. The zero-order valence-corrected chi connectivity index (χ0v) is 10.8. The maximum Gasteiger partial charge on any atom is 0.335 e. The fraction of sp³-hybridized carbons (Fsp3) is 0. The van der Waals surface area contributed by atoms with Crippen molar-refractivity contribution in [1.29, 1.82) is 0 Å². The molecule has 1 amide bonds. The van der Waals surface area contributed by atoms with Gasteiger partial charge in [0.15, 0.2) is 0 Å². The molecule has 1 heterocycles. The number of carboxylic acids is 1. The van der Waals surface area contributed by atoms with Gasteiger partial charge in [-0.05, 0) is 24.3 Å². The van der Waals surface area contributed by atoms with Gasteiger partial charge in [-0.2, -0.15) is 0 Å². The van der Waals surface area contributed by atoms with Crippen molar-refractivity contribution in [2.45, 2.75) is 0 Å². The molecule has 5 heteroatoms. The highest BCUT2D eigenvalue weighted by Crippen LogP contribution is 2.34. The van der Waals surface area contributed by atoms with Crippen LogP contribution in [0.2, 0.25) is 0 Å². The minimum Gasteiger partial charge on any atom is -0.478 e. The molecule has 2 aromatic rings. The Morgan fingerprint density at radius 2 is 1.95 bits per heavy atom. The number of halogens is 1. The second-order valence-electron chi connectivity index (χ2n) is 4.60. The van der Waals surface area contributed by atoms with E-state index in [4.69, 9.17) is 5.11 Å². The normalized spacial score (nSPS) is 14.9. The Balaban J connectivity index is 2.09. The Labute approximate surface area is 119 Å². The molecule has 4 nitrogen and oxygen atoms in total. The first kappa shape index (κ1) is 13.1. The molecule has 1 aliphatic rings. The average Bonchev–Trinajstić information content (AvgIpc) is 2.76. The molecule has 0 unspecified atom stereocenters. The Morgan fingerprint density at radius 3 is 2.67 bits per heavy atom. The van der Waals surface area contributed by atoms with Gasteiger partial charge in [0.2, 0.25) is 0 Å². The number of carboxylic acid groups (broad SMARTS) is 1. The molecular formula is C16H10FNO3. The van der Waals surface area contributed by atoms with Crippen molar-refractivity contribution in [2.75, 3.05) is 5.32 Å². The van der Waals surface area contributed by atoms with Crippen LogP contribution in [0.25, 0.3) is 11.6 Å². The summed E-state index contributed by atoms with van der Waals surface area (Å²) in [6.07, 6.45) is 1.46. The molecule has 0 fully saturated rings. The Hall–Kier alpha value is -2.95. The number of nitrogens with one attached hydrogen (secondary N) is 1. The highest BCUT2D eigenvalue weighted by molar-refractivity contribution is 6.35. The van der Waals surface area contributed by atoms with Gasteiger partial charge >= 0.3 is 5.97 Å². The molecule has 0 saturated carbocycles. The molecule has 0 atom stereocenters. The van der Waals surface area contributed by atoms with Crippen LogP contribution in [0, 0.1) is 5.82 Å². The second-order valence-corrected chi connectivity index (χ2v) is 4.60. The standard InChI is InChI=1S/C16H10FNO3/c17-13-4-2-1-3-9(13)7-12-11-6-5-10(16(20)21)8-14(11)18-15(12)19/h1-8H,(H,18,19)(H,20,21)/b12-7+. The van der Waals surface area contributed by atoms with E-state index in [1.165, 1.54) is 24.3 Å². The zero-order valence-electron chi connectivity index (χ0n) is 10.8. The molecule has 0 saturated heterocycles. The second kappa shape index (κ2) is 4.86. The van der Waals surface area contributed by atoms with E-state index < -0.39 is 11.8 Å². The number of rotatable bonds is 2. The third-order valence-corrected chi connectivity index (χ3v) is 3.25. The van der Waals surface area contributed by atoms with Crippen LogP contribution in [0.3, 0.4) is 0 Å². The molecule has 0 radical (unpaired) electrons. The first-order valence-electron chi connectivity index (χ1n) is 6.21. The summed E-state index contributed by atoms with van der Waals surface area (Å²) in [6, 6.07) is 10.5. The van der Waals surface area contributed by atoms with Crippen molar-refractivity contribution in [3.8, 4) is 0 Å². The number of fused-ring (bicyclic) bond motifs is 1. The van der Waals surface area contributed by atoms with Crippen LogP contribution >= 0.6 is 0 Å². The van der Waals surface area contributed by atoms with E-state index >= 15 is 0 Å². The van der Waals surface area contributed by atoms with Crippen molar-refractivity contribution in [3.63, 3.8) is 0 Å². The summed E-state index contributed by atoms with van der Waals surface area (Å²) in [6.45, 7) is 0. The first-order chi connectivity index (χ1) is 10.1. The van der Waals surface area contributed by atoms with Gasteiger partial charge in [0, 0.05) is 22.4 Å². The molecule has 0 aromatic heterocycles. The van der Waals surface area contributed by atoms with E-state index in [9.17, 15) is 14.0 Å². The Kier molecular flexibility index (Phi) is 3.02. The van der Waals surface area contributed by atoms with Gasteiger partial charge in [-0.3, -0.25) is 4.79 Å². The largest absolute Gasteiger partial charge is 0.478 e. The number of carbonyl (C=O) groups excluding carboxylic acids is 1. The van der Waals surface area contributed by atoms with Crippen LogP contribution in [-0.2, 0) is 4.79 Å². The minimum absolute atomic E-state index is 0.0844. The number of carbonyl (C=O) groups is 2. The lowest BCUT2D eigenvalue weighted by Crippen LogP contribution is -2.04. The zero-order chi connectivity index (χ0) is 15.0. The van der Waals surface area contributed by atoms with Crippen LogP contribution in [0.4, 0.5) is 10.1 Å². The van der Waals surface area contributed by atoms with Gasteiger partial charge in [-0.25, -0.2) is 9.18 Å². The summed E-state index contributed by atoms with van der Waals surface area (Å²) in [5.41, 5.74) is 1.68. The summed E-state index contributed by atoms with van der Waals surface area (Å²) in [7, 11) is 0. The lowest BCUT2D eigenvalue weighted by molar-refractivity contribution is -0.110. The third kappa shape index (κ3) is 2.29. The van der Waals surface area contributed by atoms with Crippen LogP contribution in [0.5, 0.6) is 0 Å². The van der Waals surface area contributed by atoms with Crippen molar-refractivity contribution < 1.29 is 19.1 Å². The maximum absolute atomic E-state index is 13.7. The van der Waals surface area contributed by atoms with E-state index in [1.54, 1.807) is 24.3 Å². The Morgan fingerprint density at radius 1 is 1.19 bits per heavy atom. The number of anilines is 1. The van der Waals surface area contributed by atoms with Crippen LogP contribution in [0.15, 0.2) is 42.5 Å². The van der Waals surface area contributed by atoms with Gasteiger partial charge in [-0.1, -0.05) is 24.3 Å². The molecule has 2 N–H and O–H groups in total. The number of hydrogen-bond acceptors (Lipinski definition) is 2. The summed E-state index contributed by atoms with van der Waals surface area (Å²) in [4.78, 5) is 22.9. The van der Waals surface area contributed by atoms with Crippen LogP contribution in [-0.4, -0.2) is 17.0 Å². The lowest BCUT2D eigenvalue weighted by atomic mass is 10.0. The smallest absolute Gasteiger partial charge is 0.335 e. The molecule has 3 rings (SSSR count). The van der Waals surface area contributed by atoms with Gasteiger partial charge in [0.1, 0.15) is 5.82 Å². The van der Waals surface area contributed by atoms with E-state index in [0.29, 0.717) is 22.4 Å². The van der Waals surface area contributed by atoms with Crippen molar-refractivity contribution in [1.82, 2.24) is 0 Å². The van der Waals surface area contributed by atoms with Gasteiger partial charge in [-0.15, -0.1) is 0 Å². The number of amides is 1. The number of aromatic carboxylic acids is 1. The van der Waals surface area contributed by atoms with E-state index in [-0.39, 0.29) is 11.5 Å². The topological polar surface area (TPSA) is 66.4 Å². The number of hydrogen-bond donors (Lipinski definition) is 2. The molecular weight excluding hydrogens is 273 g/mol. The predicted molar refractivity (Wildman–Crippen MR) is 76.3 cm³/mol. The minimum atomic E-state index is -1.07. The predicted octanol–water partition coefficient (Wildman–Crippen LogP) is 3.02. The van der Waals surface area contributed by atoms with Crippen LogP contribution in [0.1, 0.15) is 21.5 Å². The Bertz CT molecular complexity index is 796. The molecule has 2 aromatic carbocycles. The van der Waals surface area contributed by atoms with E-state index in [2.05, 4.69) is 5.32 Å². The van der Waals surface area contributed by atoms with Gasteiger partial charge < -0.3 is 10.4 Å². The molecule has 21 heavy (non-hydrogen) atoms. The highest BCUT2D eigenvalue weighted by atomic mass is 19.1. The third-order valence-electron chi connectivity index (χ3n) is 3.25. The fourth-order valence-electron chi connectivity index (χ4n) is 2.22. The molecule has 104 valence electrons. The van der Waals surface area contributed by atoms with Crippen LogP contribution < -0.4 is 5.32 Å². The summed E-state index contributed by atoms with van der Waals surface area (Å²) in [5.74, 6) is -1.87. The molecule has 0 spiro atoms. The molecule has 0 bridgehead atoms. The SMILES string of the molecule is O=C1Nc2cc(C(=O)O)ccc2/C1=C\c1ccccc1F.